The van der Waals surface area contributed by atoms with Gasteiger partial charge in [-0.25, -0.2) is 13.4 Å². The van der Waals surface area contributed by atoms with Gasteiger partial charge in [0.25, 0.3) is 0 Å². The molecule has 2 aliphatic rings. The van der Waals surface area contributed by atoms with Crippen molar-refractivity contribution in [3.8, 4) is 0 Å². The average molecular weight is 406 g/mol. The standard InChI is InChI=1S/C19H23N3O3S2/c23-18(12-14-6-4-5-7-14)21-19-20-16-10-11-22(13-17(16)26-19)27(24,25)15-8-2-1-3-9-15/h1-3,8-9,14H,4-7,10-13H2,(H,20,21,23). The van der Waals surface area contributed by atoms with Crippen molar-refractivity contribution in [1.82, 2.24) is 9.29 Å². The summed E-state index contributed by atoms with van der Waals surface area (Å²) < 4.78 is 27.1. The largest absolute Gasteiger partial charge is 0.302 e. The fraction of sp³-hybridized carbons (Fsp3) is 0.474. The van der Waals surface area contributed by atoms with Crippen molar-refractivity contribution >= 4 is 32.4 Å². The molecular weight excluding hydrogens is 382 g/mol. The van der Waals surface area contributed by atoms with Crippen molar-refractivity contribution in [3.63, 3.8) is 0 Å². The molecular formula is C19H23N3O3S2. The van der Waals surface area contributed by atoms with Crippen LogP contribution in [0.1, 0.15) is 42.7 Å². The number of anilines is 1. The van der Waals surface area contributed by atoms with Gasteiger partial charge in [0.15, 0.2) is 5.13 Å². The van der Waals surface area contributed by atoms with Gasteiger partial charge < -0.3 is 5.32 Å². The van der Waals surface area contributed by atoms with Crippen LogP contribution in [0.3, 0.4) is 0 Å². The van der Waals surface area contributed by atoms with Crippen LogP contribution < -0.4 is 5.32 Å². The van der Waals surface area contributed by atoms with Crippen molar-refractivity contribution in [2.45, 2.75) is 50.0 Å². The Morgan fingerprint density at radius 1 is 1.22 bits per heavy atom. The highest BCUT2D eigenvalue weighted by Gasteiger charge is 2.30. The Kier molecular flexibility index (Phi) is 5.29. The molecule has 27 heavy (non-hydrogen) atoms. The van der Waals surface area contributed by atoms with Crippen LogP contribution in [-0.2, 0) is 27.8 Å². The summed E-state index contributed by atoms with van der Waals surface area (Å²) in [5.41, 5.74) is 0.899. The van der Waals surface area contributed by atoms with Crippen molar-refractivity contribution in [1.29, 1.82) is 0 Å². The first-order valence-electron chi connectivity index (χ1n) is 9.36. The van der Waals surface area contributed by atoms with Crippen molar-refractivity contribution < 1.29 is 13.2 Å². The molecule has 1 aliphatic heterocycles. The molecule has 1 aromatic heterocycles. The molecule has 1 N–H and O–H groups in total. The maximum absolute atomic E-state index is 12.8. The lowest BCUT2D eigenvalue weighted by Gasteiger charge is -2.25. The van der Waals surface area contributed by atoms with Gasteiger partial charge in [-0.1, -0.05) is 31.0 Å². The molecule has 0 atom stereocenters. The van der Waals surface area contributed by atoms with Crippen LogP contribution >= 0.6 is 11.3 Å². The number of amides is 1. The van der Waals surface area contributed by atoms with E-state index in [1.807, 2.05) is 0 Å². The molecule has 2 aromatic rings. The van der Waals surface area contributed by atoms with E-state index in [9.17, 15) is 13.2 Å². The summed E-state index contributed by atoms with van der Waals surface area (Å²) in [6, 6.07) is 8.50. The quantitative estimate of drug-likeness (QED) is 0.827. The summed E-state index contributed by atoms with van der Waals surface area (Å²) in [4.78, 5) is 18.0. The number of fused-ring (bicyclic) bond motifs is 1. The molecule has 0 spiro atoms. The summed E-state index contributed by atoms with van der Waals surface area (Å²) in [5, 5.41) is 3.50. The van der Waals surface area contributed by atoms with E-state index in [0.29, 0.717) is 41.9 Å². The Morgan fingerprint density at radius 2 is 1.96 bits per heavy atom. The number of carbonyl (C=O) groups is 1. The Hall–Kier alpha value is -1.77. The summed E-state index contributed by atoms with van der Waals surface area (Å²) in [6.45, 7) is 0.714. The molecule has 2 heterocycles. The van der Waals surface area contributed by atoms with Crippen LogP contribution in [0.2, 0.25) is 0 Å². The molecule has 0 radical (unpaired) electrons. The van der Waals surface area contributed by atoms with Crippen LogP contribution in [-0.4, -0.2) is 30.2 Å². The minimum absolute atomic E-state index is 0.0155. The van der Waals surface area contributed by atoms with E-state index in [2.05, 4.69) is 10.3 Å². The van der Waals surface area contributed by atoms with Crippen LogP contribution in [0.25, 0.3) is 0 Å². The van der Waals surface area contributed by atoms with Gasteiger partial charge in [-0.2, -0.15) is 4.31 Å². The number of rotatable bonds is 5. The van der Waals surface area contributed by atoms with Gasteiger partial charge in [-0.15, -0.1) is 11.3 Å². The zero-order chi connectivity index (χ0) is 18.9. The lowest BCUT2D eigenvalue weighted by molar-refractivity contribution is -0.117. The van der Waals surface area contributed by atoms with Crippen molar-refractivity contribution in [3.05, 3.63) is 40.9 Å². The number of aromatic nitrogens is 1. The van der Waals surface area contributed by atoms with Crippen LogP contribution in [0.4, 0.5) is 5.13 Å². The smallest absolute Gasteiger partial charge is 0.243 e. The van der Waals surface area contributed by atoms with Gasteiger partial charge in [0.2, 0.25) is 15.9 Å². The van der Waals surface area contributed by atoms with Crippen LogP contribution in [0.5, 0.6) is 0 Å². The number of hydrogen-bond acceptors (Lipinski definition) is 5. The third-order valence-corrected chi connectivity index (χ3v) is 8.13. The maximum atomic E-state index is 12.8. The molecule has 0 saturated heterocycles. The Labute approximate surface area is 163 Å². The summed E-state index contributed by atoms with van der Waals surface area (Å²) in [7, 11) is -3.51. The molecule has 8 heteroatoms. The zero-order valence-corrected chi connectivity index (χ0v) is 16.7. The lowest BCUT2D eigenvalue weighted by Crippen LogP contribution is -2.35. The topological polar surface area (TPSA) is 79.4 Å². The number of carbonyl (C=O) groups excluding carboxylic acids is 1. The molecule has 1 fully saturated rings. The summed E-state index contributed by atoms with van der Waals surface area (Å²) in [6.07, 6.45) is 5.82. The van der Waals surface area contributed by atoms with E-state index in [-0.39, 0.29) is 5.91 Å². The van der Waals surface area contributed by atoms with Gasteiger partial charge in [0.1, 0.15) is 0 Å². The van der Waals surface area contributed by atoms with Gasteiger partial charge in [-0.05, 0) is 30.9 Å². The predicted octanol–water partition coefficient (Wildman–Crippen LogP) is 3.41. The molecule has 144 valence electrons. The van der Waals surface area contributed by atoms with Gasteiger partial charge >= 0.3 is 0 Å². The Morgan fingerprint density at radius 3 is 2.70 bits per heavy atom. The first kappa shape index (κ1) is 18.6. The summed E-state index contributed by atoms with van der Waals surface area (Å²) in [5.74, 6) is 0.507. The normalized spacial score (nSPS) is 18.4. The van der Waals surface area contributed by atoms with Crippen molar-refractivity contribution in [2.24, 2.45) is 5.92 Å². The van der Waals surface area contributed by atoms with E-state index in [1.54, 1.807) is 30.3 Å². The van der Waals surface area contributed by atoms with Crippen LogP contribution in [0.15, 0.2) is 35.2 Å². The molecule has 1 aliphatic carbocycles. The average Bonchev–Trinajstić information content (AvgIpc) is 3.30. The van der Waals surface area contributed by atoms with Crippen LogP contribution in [0, 0.1) is 5.92 Å². The molecule has 6 nitrogen and oxygen atoms in total. The summed E-state index contributed by atoms with van der Waals surface area (Å²) >= 11 is 1.39. The lowest BCUT2D eigenvalue weighted by atomic mass is 10.0. The fourth-order valence-corrected chi connectivity index (χ4v) is 6.37. The first-order valence-corrected chi connectivity index (χ1v) is 11.6. The minimum atomic E-state index is -3.51. The van der Waals surface area contributed by atoms with E-state index in [0.717, 1.165) is 23.4 Å². The molecule has 1 aromatic carbocycles. The molecule has 1 amide bonds. The Balaban J connectivity index is 1.44. The minimum Gasteiger partial charge on any atom is -0.302 e. The third-order valence-electron chi connectivity index (χ3n) is 5.27. The monoisotopic (exact) mass is 405 g/mol. The van der Waals surface area contributed by atoms with E-state index in [4.69, 9.17) is 0 Å². The highest BCUT2D eigenvalue weighted by molar-refractivity contribution is 7.89. The van der Waals surface area contributed by atoms with Crippen molar-refractivity contribution in [2.75, 3.05) is 11.9 Å². The highest BCUT2D eigenvalue weighted by Crippen LogP contribution is 2.32. The second-order valence-corrected chi connectivity index (χ2v) is 10.2. The molecule has 0 bridgehead atoms. The van der Waals surface area contributed by atoms with E-state index in [1.165, 1.54) is 28.5 Å². The van der Waals surface area contributed by atoms with Gasteiger partial charge in [0, 0.05) is 24.3 Å². The molecule has 0 unspecified atom stereocenters. The first-order chi connectivity index (χ1) is 13.0. The Bertz CT molecular complexity index is 919. The molecule has 4 rings (SSSR count). The second-order valence-electron chi connectivity index (χ2n) is 7.19. The number of benzene rings is 1. The predicted molar refractivity (Wildman–Crippen MR) is 105 cm³/mol. The number of sulfonamides is 1. The second kappa shape index (κ2) is 7.69. The van der Waals surface area contributed by atoms with Gasteiger partial charge in [0.05, 0.1) is 17.1 Å². The van der Waals surface area contributed by atoms with E-state index >= 15 is 0 Å². The number of hydrogen-bond donors (Lipinski definition) is 1. The van der Waals surface area contributed by atoms with Gasteiger partial charge in [-0.3, -0.25) is 4.79 Å². The highest BCUT2D eigenvalue weighted by atomic mass is 32.2. The zero-order valence-electron chi connectivity index (χ0n) is 15.1. The van der Waals surface area contributed by atoms with E-state index < -0.39 is 10.0 Å². The number of thiazole rings is 1. The molecule has 1 saturated carbocycles. The third kappa shape index (κ3) is 4.07. The number of nitrogens with zero attached hydrogens (tertiary/aromatic N) is 2. The fourth-order valence-electron chi connectivity index (χ4n) is 3.82. The maximum Gasteiger partial charge on any atom is 0.243 e. The number of nitrogens with one attached hydrogen (secondary N) is 1. The SMILES string of the molecule is O=C(CC1CCCC1)Nc1nc2c(s1)CN(S(=O)(=O)c1ccccc1)CC2.